The van der Waals surface area contributed by atoms with Crippen LogP contribution in [0.1, 0.15) is 52.2 Å². The van der Waals surface area contributed by atoms with Crippen LogP contribution in [0, 0.1) is 18.3 Å². The molecule has 2 fully saturated rings. The van der Waals surface area contributed by atoms with Crippen LogP contribution < -0.4 is 15.4 Å². The molecule has 1 amide bonds. The smallest absolute Gasteiger partial charge is 0.418 e. The van der Waals surface area contributed by atoms with Gasteiger partial charge in [0.05, 0.1) is 41.4 Å². The number of aromatic nitrogens is 4. The van der Waals surface area contributed by atoms with Gasteiger partial charge in [-0.15, -0.1) is 0 Å². The highest BCUT2D eigenvalue weighted by Crippen LogP contribution is 2.36. The molecule has 0 aliphatic carbocycles. The molecule has 2 aliphatic rings. The van der Waals surface area contributed by atoms with Crippen LogP contribution in [0.15, 0.2) is 29.2 Å². The molecule has 0 radical (unpaired) electrons. The predicted molar refractivity (Wildman–Crippen MR) is 171 cm³/mol. The minimum absolute atomic E-state index is 0.0297. The van der Waals surface area contributed by atoms with Gasteiger partial charge in [-0.3, -0.25) is 9.69 Å². The molecule has 0 spiro atoms. The summed E-state index contributed by atoms with van der Waals surface area (Å²) >= 11 is 0. The van der Waals surface area contributed by atoms with Crippen LogP contribution in [0.4, 0.5) is 29.7 Å². The number of hydrogen-bond donors (Lipinski definition) is 0. The van der Waals surface area contributed by atoms with Crippen molar-refractivity contribution in [2.45, 2.75) is 71.8 Å². The van der Waals surface area contributed by atoms with Crippen LogP contribution >= 0.6 is 0 Å². The molecule has 2 aliphatic heterocycles. The third kappa shape index (κ3) is 6.83. The van der Waals surface area contributed by atoms with Gasteiger partial charge in [-0.2, -0.15) is 33.2 Å². The number of halogens is 3. The lowest BCUT2D eigenvalue weighted by molar-refractivity contribution is -0.138. The zero-order chi connectivity index (χ0) is 34.3. The van der Waals surface area contributed by atoms with E-state index in [4.69, 9.17) is 9.72 Å². The predicted octanol–water partition coefficient (Wildman–Crippen LogP) is 4.37. The fourth-order valence-electron chi connectivity index (χ4n) is 6.23. The highest BCUT2D eigenvalue weighted by Gasteiger charge is 2.38. The Bertz CT molecular complexity index is 1740. The Balaban J connectivity index is 1.61. The third-order valence-corrected chi connectivity index (χ3v) is 8.58. The van der Waals surface area contributed by atoms with E-state index in [1.54, 1.807) is 20.8 Å². The number of nitrogens with zero attached hydrogens (tertiary/aromatic N) is 9. The first-order chi connectivity index (χ1) is 22.2. The second-order valence-corrected chi connectivity index (χ2v) is 12.9. The van der Waals surface area contributed by atoms with Gasteiger partial charge in [-0.25, -0.2) is 9.78 Å². The quantitative estimate of drug-likeness (QED) is 0.363. The van der Waals surface area contributed by atoms with Gasteiger partial charge < -0.3 is 19.4 Å². The zero-order valence-electron chi connectivity index (χ0n) is 27.5. The second-order valence-electron chi connectivity index (χ2n) is 12.9. The van der Waals surface area contributed by atoms with Gasteiger partial charge in [-0.05, 0) is 52.4 Å². The van der Waals surface area contributed by atoms with Crippen LogP contribution in [0.5, 0.6) is 0 Å². The van der Waals surface area contributed by atoms with Crippen LogP contribution in [0.3, 0.4) is 0 Å². The SMILES string of the molecule is CCN(CC)C1CN(c2nc(N3CCN(C(=O)OC(C)(C)C)C(CC#N)C3)c3cnn(-c4cccc(C)c4C(F)(F)F)c(=O)c3n2)C1. The first-order valence-electron chi connectivity index (χ1n) is 15.7. The number of amides is 1. The Kier molecular flexibility index (Phi) is 9.36. The van der Waals surface area contributed by atoms with E-state index >= 15 is 0 Å². The van der Waals surface area contributed by atoms with Crippen LogP contribution in [-0.4, -0.2) is 99.1 Å². The standard InChI is InChI=1S/C32H40F3N9O3/c1-7-40(8-2)22-18-42(19-22)29-38-26-23(16-37-44(28(26)45)24-11-9-10-20(3)25(24)32(33,34)35)27(39-29)41-14-15-43(21(17-41)12-13-36)30(46)47-31(4,5)6/h9-11,16,21-22H,7-8,12,14-15,17-19H2,1-6H3. The molecular weight excluding hydrogens is 615 g/mol. The first kappa shape index (κ1) is 33.9. The molecule has 12 nitrogen and oxygen atoms in total. The molecule has 2 saturated heterocycles. The summed E-state index contributed by atoms with van der Waals surface area (Å²) in [5, 5.41) is 14.1. The molecule has 3 aromatic rings. The van der Waals surface area contributed by atoms with Crippen LogP contribution in [0.2, 0.25) is 0 Å². The van der Waals surface area contributed by atoms with Gasteiger partial charge in [0.15, 0.2) is 0 Å². The van der Waals surface area contributed by atoms with E-state index in [9.17, 15) is 28.0 Å². The van der Waals surface area contributed by atoms with Crippen molar-refractivity contribution in [3.05, 3.63) is 45.9 Å². The number of anilines is 2. The highest BCUT2D eigenvalue weighted by molar-refractivity contribution is 5.90. The van der Waals surface area contributed by atoms with Crippen molar-refractivity contribution in [2.24, 2.45) is 0 Å². The van der Waals surface area contributed by atoms with Gasteiger partial charge in [-0.1, -0.05) is 26.0 Å². The summed E-state index contributed by atoms with van der Waals surface area (Å²) in [5.41, 5.74) is -3.00. The maximum atomic E-state index is 14.2. The number of ether oxygens (including phenoxy) is 1. The minimum Gasteiger partial charge on any atom is -0.444 e. The fraction of sp³-hybridized carbons (Fsp3) is 0.562. The Labute approximate surface area is 271 Å². The molecule has 47 heavy (non-hydrogen) atoms. The molecule has 4 heterocycles. The number of piperazine rings is 1. The normalized spacial score (nSPS) is 17.6. The lowest BCUT2D eigenvalue weighted by Crippen LogP contribution is -2.60. The number of fused-ring (bicyclic) bond motifs is 1. The van der Waals surface area contributed by atoms with Gasteiger partial charge in [0.25, 0.3) is 5.56 Å². The number of hydrogen-bond acceptors (Lipinski definition) is 10. The summed E-state index contributed by atoms with van der Waals surface area (Å²) in [5.74, 6) is 0.637. The number of rotatable bonds is 7. The van der Waals surface area contributed by atoms with E-state index in [2.05, 4.69) is 34.9 Å². The Morgan fingerprint density at radius 1 is 1.09 bits per heavy atom. The van der Waals surface area contributed by atoms with Crippen LogP contribution in [-0.2, 0) is 10.9 Å². The monoisotopic (exact) mass is 655 g/mol. The van der Waals surface area contributed by atoms with Crippen molar-refractivity contribution >= 4 is 28.8 Å². The van der Waals surface area contributed by atoms with Gasteiger partial charge in [0.2, 0.25) is 5.95 Å². The molecule has 0 N–H and O–H groups in total. The van der Waals surface area contributed by atoms with Crippen molar-refractivity contribution < 1.29 is 22.7 Å². The molecule has 5 rings (SSSR count). The molecule has 1 aromatic carbocycles. The van der Waals surface area contributed by atoms with E-state index in [-0.39, 0.29) is 48.0 Å². The van der Waals surface area contributed by atoms with Gasteiger partial charge in [0.1, 0.15) is 16.9 Å². The molecule has 0 saturated carbocycles. The van der Waals surface area contributed by atoms with Crippen molar-refractivity contribution in [1.82, 2.24) is 29.5 Å². The molecule has 252 valence electrons. The van der Waals surface area contributed by atoms with Crippen molar-refractivity contribution in [3.63, 3.8) is 0 Å². The van der Waals surface area contributed by atoms with E-state index in [0.29, 0.717) is 25.5 Å². The van der Waals surface area contributed by atoms with E-state index < -0.39 is 40.7 Å². The highest BCUT2D eigenvalue weighted by atomic mass is 19.4. The lowest BCUT2D eigenvalue weighted by atomic mass is 10.1. The molecule has 1 unspecified atom stereocenters. The maximum absolute atomic E-state index is 14.2. The van der Waals surface area contributed by atoms with Crippen molar-refractivity contribution in [3.8, 4) is 11.8 Å². The molecule has 15 heteroatoms. The number of carbonyl (C=O) groups excluding carboxylic acids is 1. The topological polar surface area (TPSA) is 124 Å². The number of carbonyl (C=O) groups is 1. The van der Waals surface area contributed by atoms with Crippen molar-refractivity contribution in [2.75, 3.05) is 55.6 Å². The fourth-order valence-corrected chi connectivity index (χ4v) is 6.23. The first-order valence-corrected chi connectivity index (χ1v) is 15.7. The summed E-state index contributed by atoms with van der Waals surface area (Å²) in [6.45, 7) is 14.5. The average Bonchev–Trinajstić information content (AvgIpc) is 2.97. The Morgan fingerprint density at radius 2 is 1.79 bits per heavy atom. The number of likely N-dealkylation sites (N-methyl/N-ethyl adjacent to an activating group) is 1. The Hall–Kier alpha value is -4.45. The van der Waals surface area contributed by atoms with Crippen molar-refractivity contribution in [1.29, 1.82) is 5.26 Å². The summed E-state index contributed by atoms with van der Waals surface area (Å²) in [4.78, 5) is 44.2. The lowest BCUT2D eigenvalue weighted by Gasteiger charge is -2.45. The summed E-state index contributed by atoms with van der Waals surface area (Å²) in [6.07, 6.45) is -3.91. The number of benzene rings is 1. The molecule has 1 atom stereocenters. The Morgan fingerprint density at radius 3 is 2.40 bits per heavy atom. The molecule has 2 aromatic heterocycles. The number of aryl methyl sites for hydroxylation is 1. The van der Waals surface area contributed by atoms with Gasteiger partial charge >= 0.3 is 12.3 Å². The minimum atomic E-state index is -4.72. The van der Waals surface area contributed by atoms with E-state index in [1.807, 2.05) is 9.80 Å². The average molecular weight is 656 g/mol. The maximum Gasteiger partial charge on any atom is 0.418 e. The second kappa shape index (κ2) is 13.0. The summed E-state index contributed by atoms with van der Waals surface area (Å²) in [7, 11) is 0. The molecule has 0 bridgehead atoms. The number of alkyl halides is 3. The van der Waals surface area contributed by atoms with Crippen LogP contribution in [0.25, 0.3) is 16.6 Å². The largest absolute Gasteiger partial charge is 0.444 e. The number of nitriles is 1. The van der Waals surface area contributed by atoms with E-state index in [1.165, 1.54) is 36.2 Å². The third-order valence-electron chi connectivity index (χ3n) is 8.58. The summed E-state index contributed by atoms with van der Waals surface area (Å²) < 4.78 is 48.8. The molecular formula is C32H40F3N9O3. The van der Waals surface area contributed by atoms with E-state index in [0.717, 1.165) is 17.8 Å². The van der Waals surface area contributed by atoms with Gasteiger partial charge in [0, 0.05) is 38.8 Å². The summed E-state index contributed by atoms with van der Waals surface area (Å²) in [6, 6.07) is 5.87. The zero-order valence-corrected chi connectivity index (χ0v) is 27.5.